The Hall–Kier alpha value is -3.38. The zero-order valence-electron chi connectivity index (χ0n) is 26.3. The molecule has 1 N–H and O–H groups in total. The van der Waals surface area contributed by atoms with Crippen LogP contribution in [0.5, 0.6) is 0 Å². The lowest BCUT2D eigenvalue weighted by atomic mass is 10.0. The molecule has 1 unspecified atom stereocenters. The van der Waals surface area contributed by atoms with Crippen LogP contribution in [-0.2, 0) is 4.84 Å². The topological polar surface area (TPSA) is 74.1 Å². The van der Waals surface area contributed by atoms with Crippen LogP contribution in [0.3, 0.4) is 0 Å². The smallest absolute Gasteiger partial charge is 0.408 e. The van der Waals surface area contributed by atoms with Crippen molar-refractivity contribution >= 4 is 40.3 Å². The molecule has 0 saturated carbocycles. The van der Waals surface area contributed by atoms with Gasteiger partial charge in [-0.05, 0) is 113 Å². The highest BCUT2D eigenvalue weighted by molar-refractivity contribution is 8.00. The van der Waals surface area contributed by atoms with Crippen LogP contribution in [0.15, 0.2) is 104 Å². The number of benzene rings is 3. The average molecular weight is 679 g/mol. The number of piperidine rings is 2. The van der Waals surface area contributed by atoms with Gasteiger partial charge in [-0.2, -0.15) is 0 Å². The van der Waals surface area contributed by atoms with Crippen LogP contribution >= 0.6 is 23.5 Å². The SMILES string of the molecule is C=CCN1CCC(Sc2ccc(F)cc2)CC1.O=c1[nH]c2ccc(C3=NOC(CN4CCC(Sc5ccc(F)cc5)CC4)C3)cc2o1. The summed E-state index contributed by atoms with van der Waals surface area (Å²) in [6.07, 6.45) is 7.36. The van der Waals surface area contributed by atoms with Crippen molar-refractivity contribution in [3.8, 4) is 0 Å². The third kappa shape index (κ3) is 9.59. The summed E-state index contributed by atoms with van der Waals surface area (Å²) in [6.45, 7) is 9.94. The zero-order valence-corrected chi connectivity index (χ0v) is 27.9. The van der Waals surface area contributed by atoms with Gasteiger partial charge in [0.1, 0.15) is 17.7 Å². The van der Waals surface area contributed by atoms with Gasteiger partial charge >= 0.3 is 5.76 Å². The second kappa shape index (κ2) is 16.1. The number of fused-ring (bicyclic) bond motifs is 1. The van der Waals surface area contributed by atoms with Gasteiger partial charge in [-0.25, -0.2) is 13.6 Å². The predicted molar refractivity (Wildman–Crippen MR) is 186 cm³/mol. The van der Waals surface area contributed by atoms with E-state index in [-0.39, 0.29) is 17.7 Å². The minimum Gasteiger partial charge on any atom is -0.408 e. The highest BCUT2D eigenvalue weighted by Gasteiger charge is 2.28. The van der Waals surface area contributed by atoms with Gasteiger partial charge in [0.25, 0.3) is 0 Å². The molecular formula is C36H40F2N4O3S2. The molecule has 11 heteroatoms. The van der Waals surface area contributed by atoms with E-state index in [9.17, 15) is 13.6 Å². The van der Waals surface area contributed by atoms with Gasteiger partial charge in [0, 0.05) is 45.4 Å². The van der Waals surface area contributed by atoms with Crippen LogP contribution < -0.4 is 5.76 Å². The number of H-pyrrole nitrogens is 1. The summed E-state index contributed by atoms with van der Waals surface area (Å²) >= 11 is 3.71. The van der Waals surface area contributed by atoms with Crippen molar-refractivity contribution in [2.24, 2.45) is 5.16 Å². The molecule has 0 aliphatic carbocycles. The van der Waals surface area contributed by atoms with E-state index in [1.54, 1.807) is 0 Å². The number of hydrogen-bond donors (Lipinski definition) is 1. The van der Waals surface area contributed by atoms with E-state index in [4.69, 9.17) is 9.25 Å². The lowest BCUT2D eigenvalue weighted by molar-refractivity contribution is 0.0477. The molecule has 4 aromatic rings. The fraction of sp³-hybridized carbons (Fsp3) is 0.389. The van der Waals surface area contributed by atoms with Gasteiger partial charge in [-0.3, -0.25) is 14.8 Å². The molecule has 1 atom stereocenters. The van der Waals surface area contributed by atoms with Crippen molar-refractivity contribution < 1.29 is 18.0 Å². The summed E-state index contributed by atoms with van der Waals surface area (Å²) in [6, 6.07) is 19.2. The fourth-order valence-electron chi connectivity index (χ4n) is 6.12. The Balaban J connectivity index is 0.000000193. The highest BCUT2D eigenvalue weighted by atomic mass is 32.2. The second-order valence-electron chi connectivity index (χ2n) is 12.1. The number of oxime groups is 1. The molecule has 3 aliphatic rings. The Morgan fingerprint density at radius 1 is 0.851 bits per heavy atom. The molecule has 0 spiro atoms. The first-order valence-electron chi connectivity index (χ1n) is 16.2. The maximum atomic E-state index is 13.1. The molecule has 0 radical (unpaired) electrons. The van der Waals surface area contributed by atoms with Crippen molar-refractivity contribution in [1.82, 2.24) is 14.8 Å². The van der Waals surface area contributed by atoms with Crippen molar-refractivity contribution in [1.29, 1.82) is 0 Å². The molecule has 2 saturated heterocycles. The average Bonchev–Trinajstić information content (AvgIpc) is 3.71. The van der Waals surface area contributed by atoms with E-state index >= 15 is 0 Å². The van der Waals surface area contributed by atoms with E-state index in [0.29, 0.717) is 21.6 Å². The number of likely N-dealkylation sites (tertiary alicyclic amines) is 2. The fourth-order valence-corrected chi connectivity index (χ4v) is 8.37. The lowest BCUT2D eigenvalue weighted by Gasteiger charge is -2.32. The minimum absolute atomic E-state index is 0.0373. The number of nitrogens with one attached hydrogen (secondary N) is 1. The van der Waals surface area contributed by atoms with E-state index < -0.39 is 5.76 Å². The van der Waals surface area contributed by atoms with Crippen molar-refractivity contribution in [3.63, 3.8) is 0 Å². The molecule has 47 heavy (non-hydrogen) atoms. The van der Waals surface area contributed by atoms with Gasteiger partial charge in [0.2, 0.25) is 0 Å². The number of aromatic nitrogens is 1. The summed E-state index contributed by atoms with van der Waals surface area (Å²) < 4.78 is 31.0. The van der Waals surface area contributed by atoms with Gasteiger partial charge in [0.15, 0.2) is 5.58 Å². The number of hydrogen-bond acceptors (Lipinski definition) is 8. The van der Waals surface area contributed by atoms with Gasteiger partial charge in [-0.1, -0.05) is 17.3 Å². The summed E-state index contributed by atoms with van der Waals surface area (Å²) in [7, 11) is 0. The van der Waals surface area contributed by atoms with Crippen molar-refractivity contribution in [2.45, 2.75) is 58.5 Å². The van der Waals surface area contributed by atoms with Crippen molar-refractivity contribution in [3.05, 3.63) is 107 Å². The first-order chi connectivity index (χ1) is 22.9. The number of thioether (sulfide) groups is 2. The van der Waals surface area contributed by atoms with Crippen LogP contribution in [0.2, 0.25) is 0 Å². The molecule has 2 fully saturated rings. The quantitative estimate of drug-likeness (QED) is 0.183. The Bertz CT molecular complexity index is 1690. The molecule has 3 aromatic carbocycles. The first-order valence-corrected chi connectivity index (χ1v) is 17.9. The summed E-state index contributed by atoms with van der Waals surface area (Å²) in [4.78, 5) is 26.8. The standard InChI is InChI=1S/C22H22FN3O3S.C14H18FNS/c23-15-2-4-17(5-3-15)30-18-7-9-26(10-8-18)13-16-12-20(25-29-16)14-1-6-19-21(11-14)28-22(27)24-19;1-2-9-16-10-7-14(8-11-16)17-13-5-3-12(15)4-6-13/h1-6,11,16,18H,7-10,12-13H2,(H,24,27);2-6,14H,1,7-11H2. The normalized spacial score (nSPS) is 19.6. The molecule has 7 rings (SSSR count). The molecular weight excluding hydrogens is 639 g/mol. The van der Waals surface area contributed by atoms with Crippen LogP contribution in [0, 0.1) is 11.6 Å². The van der Waals surface area contributed by atoms with E-state index in [0.717, 1.165) is 74.7 Å². The maximum absolute atomic E-state index is 13.1. The van der Waals surface area contributed by atoms with Crippen LogP contribution in [0.25, 0.3) is 11.1 Å². The molecule has 7 nitrogen and oxygen atoms in total. The minimum atomic E-state index is -0.453. The van der Waals surface area contributed by atoms with Gasteiger partial charge < -0.3 is 9.25 Å². The van der Waals surface area contributed by atoms with Crippen LogP contribution in [0.1, 0.15) is 37.7 Å². The Morgan fingerprint density at radius 3 is 2.00 bits per heavy atom. The van der Waals surface area contributed by atoms with E-state index in [2.05, 4.69) is 26.5 Å². The number of halogens is 2. The summed E-state index contributed by atoms with van der Waals surface area (Å²) in [5.41, 5.74) is 3.01. The van der Waals surface area contributed by atoms with Gasteiger partial charge in [0.05, 0.1) is 11.2 Å². The number of rotatable bonds is 9. The predicted octanol–water partition coefficient (Wildman–Crippen LogP) is 7.58. The summed E-state index contributed by atoms with van der Waals surface area (Å²) in [5, 5.41) is 5.50. The number of nitrogens with zero attached hydrogens (tertiary/aromatic N) is 3. The molecule has 4 heterocycles. The van der Waals surface area contributed by atoms with Crippen molar-refractivity contribution in [2.75, 3.05) is 39.3 Å². The van der Waals surface area contributed by atoms with E-state index in [1.165, 1.54) is 42.0 Å². The van der Waals surface area contributed by atoms with Gasteiger partial charge in [-0.15, -0.1) is 30.1 Å². The maximum Gasteiger partial charge on any atom is 0.417 e. The monoisotopic (exact) mass is 678 g/mol. The Kier molecular flexibility index (Phi) is 11.5. The molecule has 248 valence electrons. The first kappa shape index (κ1) is 33.5. The number of aromatic amines is 1. The molecule has 3 aliphatic heterocycles. The second-order valence-corrected chi connectivity index (χ2v) is 14.9. The molecule has 0 amide bonds. The van der Waals surface area contributed by atoms with Crippen LogP contribution in [-0.4, -0.2) is 76.4 Å². The van der Waals surface area contributed by atoms with E-state index in [1.807, 2.05) is 72.1 Å². The zero-order chi connectivity index (χ0) is 32.6. The Labute approximate surface area is 282 Å². The Morgan fingerprint density at radius 2 is 1.43 bits per heavy atom. The third-order valence-corrected chi connectivity index (χ3v) is 11.3. The lowest BCUT2D eigenvalue weighted by Crippen LogP contribution is -2.39. The third-order valence-electron chi connectivity index (χ3n) is 8.64. The summed E-state index contributed by atoms with van der Waals surface area (Å²) in [5.74, 6) is -0.800. The largest absolute Gasteiger partial charge is 0.417 e. The highest BCUT2D eigenvalue weighted by Crippen LogP contribution is 2.32. The molecule has 0 bridgehead atoms. The number of oxazole rings is 1. The van der Waals surface area contributed by atoms with Crippen LogP contribution in [0.4, 0.5) is 8.78 Å². The molecule has 1 aromatic heterocycles.